The highest BCUT2D eigenvalue weighted by Gasteiger charge is 2.34. The van der Waals surface area contributed by atoms with Crippen molar-refractivity contribution in [2.45, 2.75) is 19.3 Å². The van der Waals surface area contributed by atoms with Gasteiger partial charge in [-0.15, -0.1) is 0 Å². The highest BCUT2D eigenvalue weighted by atomic mass is 16.5. The van der Waals surface area contributed by atoms with E-state index in [-0.39, 0.29) is 41.3 Å². The predicted octanol–water partition coefficient (Wildman–Crippen LogP) is 4.98. The number of esters is 1. The molecular formula is C29H24O9. The third-order valence-corrected chi connectivity index (χ3v) is 6.25. The largest absolute Gasteiger partial charge is 0.507 e. The number of aromatic hydroxyl groups is 3. The third kappa shape index (κ3) is 4.39. The summed E-state index contributed by atoms with van der Waals surface area (Å²) in [5.41, 5.74) is 1.69. The normalized spacial score (nSPS) is 14.6. The molecule has 1 aromatic heterocycles. The molecular weight excluding hydrogens is 492 g/mol. The second kappa shape index (κ2) is 9.51. The smallest absolute Gasteiger partial charge is 0.312 e. The van der Waals surface area contributed by atoms with E-state index in [1.54, 1.807) is 18.2 Å². The topological polar surface area (TPSA) is 136 Å². The third-order valence-electron chi connectivity index (χ3n) is 6.25. The number of carbonyl (C=O) groups is 1. The summed E-state index contributed by atoms with van der Waals surface area (Å²) in [7, 11) is 1.52. The fourth-order valence-electron chi connectivity index (χ4n) is 4.49. The first-order valence-electron chi connectivity index (χ1n) is 11.7. The summed E-state index contributed by atoms with van der Waals surface area (Å²) < 4.78 is 22.9. The van der Waals surface area contributed by atoms with Crippen molar-refractivity contribution in [1.82, 2.24) is 0 Å². The summed E-state index contributed by atoms with van der Waals surface area (Å²) in [6.07, 6.45) is -0.0624. The lowest BCUT2D eigenvalue weighted by molar-refractivity contribution is -0.135. The van der Waals surface area contributed by atoms with Gasteiger partial charge in [-0.1, -0.05) is 12.6 Å². The van der Waals surface area contributed by atoms with Crippen LogP contribution in [-0.4, -0.2) is 35.0 Å². The van der Waals surface area contributed by atoms with Crippen LogP contribution in [0, 0.1) is 0 Å². The number of phenolic OH excluding ortho intramolecular Hbond substituents is 3. The monoisotopic (exact) mass is 516 g/mol. The molecule has 3 aromatic carbocycles. The van der Waals surface area contributed by atoms with Gasteiger partial charge < -0.3 is 33.9 Å². The van der Waals surface area contributed by atoms with E-state index >= 15 is 0 Å². The molecule has 9 nitrogen and oxygen atoms in total. The van der Waals surface area contributed by atoms with Crippen LogP contribution < -0.4 is 19.6 Å². The molecule has 0 aliphatic carbocycles. The molecule has 2 heterocycles. The summed E-state index contributed by atoms with van der Waals surface area (Å²) in [6, 6.07) is 11.6. The van der Waals surface area contributed by atoms with E-state index in [0.717, 1.165) is 5.57 Å². The van der Waals surface area contributed by atoms with E-state index in [9.17, 15) is 24.9 Å². The Hall–Kier alpha value is -4.92. The molecule has 0 saturated carbocycles. The SMILES string of the molecule is C=C(C)COc1cc([C@H]2CC(=O)Oc3cc(O)c4c(=O)cc(-c5ccc(O)c(O)c5)oc4c32)ccc1OC. The van der Waals surface area contributed by atoms with Gasteiger partial charge in [0.05, 0.1) is 13.5 Å². The van der Waals surface area contributed by atoms with Crippen LogP contribution in [0.5, 0.6) is 34.5 Å². The number of benzene rings is 3. The first-order valence-corrected chi connectivity index (χ1v) is 11.7. The number of fused-ring (bicyclic) bond motifs is 3. The molecule has 0 radical (unpaired) electrons. The maximum absolute atomic E-state index is 13.1. The molecule has 1 atom stereocenters. The van der Waals surface area contributed by atoms with Crippen molar-refractivity contribution < 1.29 is 38.7 Å². The molecule has 0 unspecified atom stereocenters. The van der Waals surface area contributed by atoms with Crippen LogP contribution in [0.4, 0.5) is 0 Å². The summed E-state index contributed by atoms with van der Waals surface area (Å²) in [4.78, 5) is 25.7. The number of phenols is 3. The minimum Gasteiger partial charge on any atom is -0.507 e. The van der Waals surface area contributed by atoms with E-state index in [0.29, 0.717) is 28.2 Å². The minimum absolute atomic E-state index is 0.0350. The molecule has 3 N–H and O–H groups in total. The lowest BCUT2D eigenvalue weighted by Gasteiger charge is -2.26. The van der Waals surface area contributed by atoms with Gasteiger partial charge in [-0.05, 0) is 48.4 Å². The highest BCUT2D eigenvalue weighted by Crippen LogP contribution is 2.47. The first kappa shape index (κ1) is 24.8. The van der Waals surface area contributed by atoms with Crippen molar-refractivity contribution in [3.63, 3.8) is 0 Å². The Morgan fingerprint density at radius 3 is 2.50 bits per heavy atom. The molecule has 1 aliphatic rings. The summed E-state index contributed by atoms with van der Waals surface area (Å²) in [5.74, 6) is -1.18. The van der Waals surface area contributed by atoms with E-state index < -0.39 is 28.8 Å². The molecule has 0 saturated heterocycles. The molecule has 0 amide bonds. The van der Waals surface area contributed by atoms with Gasteiger partial charge in [-0.2, -0.15) is 0 Å². The van der Waals surface area contributed by atoms with Gasteiger partial charge in [0, 0.05) is 29.2 Å². The Kier molecular flexibility index (Phi) is 6.20. The van der Waals surface area contributed by atoms with Crippen molar-refractivity contribution >= 4 is 16.9 Å². The van der Waals surface area contributed by atoms with Crippen LogP contribution in [0.25, 0.3) is 22.3 Å². The Morgan fingerprint density at radius 1 is 1.00 bits per heavy atom. The van der Waals surface area contributed by atoms with Crippen LogP contribution >= 0.6 is 0 Å². The molecule has 0 bridgehead atoms. The zero-order valence-corrected chi connectivity index (χ0v) is 20.6. The number of hydrogen-bond donors (Lipinski definition) is 3. The van der Waals surface area contributed by atoms with Crippen LogP contribution in [0.1, 0.15) is 30.4 Å². The van der Waals surface area contributed by atoms with Crippen molar-refractivity contribution in [2.75, 3.05) is 13.7 Å². The van der Waals surface area contributed by atoms with Gasteiger partial charge in [0.2, 0.25) is 0 Å². The van der Waals surface area contributed by atoms with Gasteiger partial charge in [0.1, 0.15) is 34.8 Å². The molecule has 0 fully saturated rings. The van der Waals surface area contributed by atoms with Gasteiger partial charge >= 0.3 is 5.97 Å². The Bertz CT molecular complexity index is 1670. The lowest BCUT2D eigenvalue weighted by atomic mass is 9.85. The average Bonchev–Trinajstić information content (AvgIpc) is 2.87. The molecule has 38 heavy (non-hydrogen) atoms. The second-order valence-electron chi connectivity index (χ2n) is 9.08. The summed E-state index contributed by atoms with van der Waals surface area (Å²) in [5, 5.41) is 30.2. The van der Waals surface area contributed by atoms with Gasteiger partial charge in [0.25, 0.3) is 0 Å². The van der Waals surface area contributed by atoms with Crippen molar-refractivity contribution in [3.8, 4) is 45.8 Å². The summed E-state index contributed by atoms with van der Waals surface area (Å²) in [6.45, 7) is 5.94. The Morgan fingerprint density at radius 2 is 1.79 bits per heavy atom. The fraction of sp³-hybridized carbons (Fsp3) is 0.172. The van der Waals surface area contributed by atoms with Crippen LogP contribution in [0.3, 0.4) is 0 Å². The maximum Gasteiger partial charge on any atom is 0.312 e. The molecule has 5 rings (SSSR count). The number of methoxy groups -OCH3 is 1. The van der Waals surface area contributed by atoms with Gasteiger partial charge in [0.15, 0.2) is 28.4 Å². The van der Waals surface area contributed by atoms with Crippen LogP contribution in [0.15, 0.2) is 69.9 Å². The minimum atomic E-state index is -0.612. The standard InChI is InChI=1S/C29H24O9/c1-14(2)13-36-24-9-15(5-7-22(24)35-3)17-10-26(34)37-25-12-21(33)28-20(32)11-23(38-29(28)27(17)25)16-4-6-18(30)19(31)8-16/h4-9,11-12,17,30-31,33H,1,10,13H2,2-3H3/t17-/m1/s1. The Balaban J connectivity index is 1.74. The Labute approximate surface area is 216 Å². The summed E-state index contributed by atoms with van der Waals surface area (Å²) >= 11 is 0. The van der Waals surface area contributed by atoms with E-state index in [4.69, 9.17) is 18.6 Å². The zero-order valence-electron chi connectivity index (χ0n) is 20.6. The number of hydrogen-bond acceptors (Lipinski definition) is 9. The van der Waals surface area contributed by atoms with Crippen molar-refractivity contribution in [2.24, 2.45) is 0 Å². The number of rotatable bonds is 6. The fourth-order valence-corrected chi connectivity index (χ4v) is 4.49. The number of carbonyl (C=O) groups excluding carboxylic acids is 1. The zero-order chi connectivity index (χ0) is 27.1. The average molecular weight is 517 g/mol. The molecule has 4 aromatic rings. The molecule has 9 heteroatoms. The maximum atomic E-state index is 13.1. The lowest BCUT2D eigenvalue weighted by Crippen LogP contribution is -2.22. The van der Waals surface area contributed by atoms with Gasteiger partial charge in [-0.3, -0.25) is 9.59 Å². The molecule has 0 spiro atoms. The number of ether oxygens (including phenoxy) is 3. The van der Waals surface area contributed by atoms with E-state index in [1.807, 2.05) is 6.92 Å². The highest BCUT2D eigenvalue weighted by molar-refractivity contribution is 5.93. The van der Waals surface area contributed by atoms with Crippen LogP contribution in [-0.2, 0) is 4.79 Å². The quantitative estimate of drug-likeness (QED) is 0.140. The molecule has 194 valence electrons. The van der Waals surface area contributed by atoms with E-state index in [2.05, 4.69) is 6.58 Å². The molecule has 1 aliphatic heterocycles. The predicted molar refractivity (Wildman–Crippen MR) is 138 cm³/mol. The first-order chi connectivity index (χ1) is 18.2. The second-order valence-corrected chi connectivity index (χ2v) is 9.08. The van der Waals surface area contributed by atoms with Crippen LogP contribution in [0.2, 0.25) is 0 Å². The van der Waals surface area contributed by atoms with Gasteiger partial charge in [-0.25, -0.2) is 0 Å². The van der Waals surface area contributed by atoms with E-state index in [1.165, 1.54) is 37.4 Å². The van der Waals surface area contributed by atoms with Crippen molar-refractivity contribution in [3.05, 3.63) is 82.0 Å². The van der Waals surface area contributed by atoms with Crippen molar-refractivity contribution in [1.29, 1.82) is 0 Å².